The van der Waals surface area contributed by atoms with Crippen LogP contribution in [0.15, 0.2) is 52.7 Å². The fraction of sp³-hybridized carbons (Fsp3) is 0.167. The number of amidine groups is 1. The number of hydrogen-bond donors (Lipinski definition) is 2. The Morgan fingerprint density at radius 1 is 1.31 bits per heavy atom. The Balaban J connectivity index is 1.63. The van der Waals surface area contributed by atoms with Gasteiger partial charge >= 0.3 is 0 Å². The van der Waals surface area contributed by atoms with Crippen molar-refractivity contribution in [3.8, 4) is 11.5 Å². The molecule has 2 aromatic rings. The van der Waals surface area contributed by atoms with Crippen LogP contribution in [-0.2, 0) is 11.2 Å². The molecule has 0 bridgehead atoms. The van der Waals surface area contributed by atoms with Crippen LogP contribution in [0.4, 0.5) is 0 Å². The molecule has 0 saturated carbocycles. The number of hydrogen-bond acceptors (Lipinski definition) is 6. The molecule has 2 aromatic carbocycles. The van der Waals surface area contributed by atoms with Crippen molar-refractivity contribution in [2.75, 3.05) is 7.11 Å². The minimum atomic E-state index is -0.251. The van der Waals surface area contributed by atoms with Gasteiger partial charge in [-0.2, -0.15) is 5.10 Å². The maximum Gasteiger partial charge on any atom is 0.239 e. The van der Waals surface area contributed by atoms with Gasteiger partial charge in [-0.15, -0.1) is 5.10 Å². The third-order valence-corrected chi connectivity index (χ3v) is 4.99. The fourth-order valence-corrected chi connectivity index (χ4v) is 3.43. The first-order chi connectivity index (χ1) is 12.5. The maximum atomic E-state index is 12.1. The van der Waals surface area contributed by atoms with Gasteiger partial charge in [0.05, 0.1) is 18.6 Å². The normalized spacial score (nSPS) is 18.5. The molecule has 134 valence electrons. The fourth-order valence-electron chi connectivity index (χ4n) is 2.34. The number of rotatable bonds is 5. The third kappa shape index (κ3) is 4.56. The minimum absolute atomic E-state index is 0.0552. The molecule has 0 aliphatic carbocycles. The van der Waals surface area contributed by atoms with Crippen LogP contribution in [0.3, 0.4) is 0 Å². The van der Waals surface area contributed by atoms with E-state index in [4.69, 9.17) is 16.3 Å². The SMILES string of the molecule is COc1cc(C=N/N=C2\NC(=O)C(Cc3ccc(Cl)cc3)S2)ccc1O. The van der Waals surface area contributed by atoms with E-state index in [1.165, 1.54) is 31.2 Å². The van der Waals surface area contributed by atoms with Crippen LogP contribution in [0.25, 0.3) is 0 Å². The Labute approximate surface area is 159 Å². The number of nitrogens with one attached hydrogen (secondary N) is 1. The second-order valence-electron chi connectivity index (χ2n) is 5.51. The molecular formula is C18H16ClN3O3S. The number of nitrogens with zero attached hydrogens (tertiary/aromatic N) is 2. The van der Waals surface area contributed by atoms with Crippen LogP contribution in [0.5, 0.6) is 11.5 Å². The number of phenols is 1. The number of carbonyl (C=O) groups is 1. The molecule has 1 fully saturated rings. The van der Waals surface area contributed by atoms with Gasteiger partial charge in [-0.05, 0) is 47.9 Å². The number of methoxy groups -OCH3 is 1. The van der Waals surface area contributed by atoms with Gasteiger partial charge in [0.25, 0.3) is 0 Å². The van der Waals surface area contributed by atoms with Crippen LogP contribution in [0.1, 0.15) is 11.1 Å². The summed E-state index contributed by atoms with van der Waals surface area (Å²) in [5, 5.41) is 21.2. The van der Waals surface area contributed by atoms with Crippen molar-refractivity contribution in [2.45, 2.75) is 11.7 Å². The second kappa shape index (κ2) is 8.25. The Kier molecular flexibility index (Phi) is 5.80. The number of halogens is 1. The average Bonchev–Trinajstić information content (AvgIpc) is 2.98. The van der Waals surface area contributed by atoms with E-state index in [0.29, 0.717) is 22.4 Å². The zero-order valence-electron chi connectivity index (χ0n) is 13.8. The summed E-state index contributed by atoms with van der Waals surface area (Å²) in [5.74, 6) is 0.318. The molecule has 1 heterocycles. The van der Waals surface area contributed by atoms with Gasteiger partial charge in [-0.3, -0.25) is 4.79 Å². The minimum Gasteiger partial charge on any atom is -0.504 e. The van der Waals surface area contributed by atoms with Crippen LogP contribution in [0.2, 0.25) is 5.02 Å². The summed E-state index contributed by atoms with van der Waals surface area (Å²) in [6, 6.07) is 12.3. The lowest BCUT2D eigenvalue weighted by atomic mass is 10.1. The Bertz CT molecular complexity index is 868. The summed E-state index contributed by atoms with van der Waals surface area (Å²) in [7, 11) is 1.47. The number of ether oxygens (including phenoxy) is 1. The molecule has 6 nitrogen and oxygen atoms in total. The lowest BCUT2D eigenvalue weighted by molar-refractivity contribution is -0.118. The van der Waals surface area contributed by atoms with E-state index in [-0.39, 0.29) is 16.9 Å². The van der Waals surface area contributed by atoms with Gasteiger partial charge in [0.15, 0.2) is 16.7 Å². The molecule has 26 heavy (non-hydrogen) atoms. The van der Waals surface area contributed by atoms with E-state index in [0.717, 1.165) is 11.1 Å². The summed E-state index contributed by atoms with van der Waals surface area (Å²) >= 11 is 7.22. The quantitative estimate of drug-likeness (QED) is 0.607. The van der Waals surface area contributed by atoms with E-state index in [9.17, 15) is 9.90 Å². The van der Waals surface area contributed by atoms with Crippen molar-refractivity contribution in [3.05, 3.63) is 58.6 Å². The van der Waals surface area contributed by atoms with E-state index < -0.39 is 0 Å². The summed E-state index contributed by atoms with van der Waals surface area (Å²) < 4.78 is 5.04. The van der Waals surface area contributed by atoms with Crippen LogP contribution >= 0.6 is 23.4 Å². The highest BCUT2D eigenvalue weighted by Gasteiger charge is 2.30. The van der Waals surface area contributed by atoms with Crippen LogP contribution in [-0.4, -0.2) is 34.8 Å². The Morgan fingerprint density at radius 3 is 2.81 bits per heavy atom. The predicted octanol–water partition coefficient (Wildman–Crippen LogP) is 3.22. The summed E-state index contributed by atoms with van der Waals surface area (Å²) in [5.41, 5.74) is 1.75. The summed E-state index contributed by atoms with van der Waals surface area (Å²) in [6.45, 7) is 0. The van der Waals surface area contributed by atoms with Gasteiger partial charge < -0.3 is 15.2 Å². The zero-order valence-corrected chi connectivity index (χ0v) is 15.4. The molecule has 1 amide bonds. The summed E-state index contributed by atoms with van der Waals surface area (Å²) in [4.78, 5) is 12.1. The number of benzene rings is 2. The van der Waals surface area contributed by atoms with E-state index in [2.05, 4.69) is 15.5 Å². The lowest BCUT2D eigenvalue weighted by Gasteiger charge is -2.05. The average molecular weight is 390 g/mol. The number of thioether (sulfide) groups is 1. The number of aromatic hydroxyl groups is 1. The monoisotopic (exact) mass is 389 g/mol. The predicted molar refractivity (Wildman–Crippen MR) is 104 cm³/mol. The van der Waals surface area contributed by atoms with Crippen molar-refractivity contribution in [1.82, 2.24) is 5.32 Å². The van der Waals surface area contributed by atoms with E-state index in [1.54, 1.807) is 24.3 Å². The van der Waals surface area contributed by atoms with Crippen molar-refractivity contribution in [3.63, 3.8) is 0 Å². The molecule has 3 rings (SSSR count). The molecule has 1 atom stereocenters. The number of amides is 1. The first-order valence-electron chi connectivity index (χ1n) is 7.75. The highest BCUT2D eigenvalue weighted by Crippen LogP contribution is 2.26. The molecule has 0 aromatic heterocycles. The molecule has 2 N–H and O–H groups in total. The largest absolute Gasteiger partial charge is 0.504 e. The molecule has 8 heteroatoms. The Morgan fingerprint density at radius 2 is 2.08 bits per heavy atom. The molecule has 1 aliphatic rings. The van der Waals surface area contributed by atoms with E-state index >= 15 is 0 Å². The second-order valence-corrected chi connectivity index (χ2v) is 7.14. The van der Waals surface area contributed by atoms with Gasteiger partial charge in [0, 0.05) is 5.02 Å². The highest BCUT2D eigenvalue weighted by molar-refractivity contribution is 8.15. The summed E-state index contributed by atoms with van der Waals surface area (Å²) in [6.07, 6.45) is 2.11. The molecule has 0 radical (unpaired) electrons. The molecule has 1 aliphatic heterocycles. The zero-order chi connectivity index (χ0) is 18.5. The number of carbonyl (C=O) groups excluding carboxylic acids is 1. The first kappa shape index (κ1) is 18.3. The number of phenolic OH excluding ortho intramolecular Hbond substituents is 1. The molecule has 1 unspecified atom stereocenters. The smallest absolute Gasteiger partial charge is 0.239 e. The lowest BCUT2D eigenvalue weighted by Crippen LogP contribution is -2.25. The van der Waals surface area contributed by atoms with Crippen molar-refractivity contribution >= 4 is 40.7 Å². The van der Waals surface area contributed by atoms with Crippen molar-refractivity contribution in [1.29, 1.82) is 0 Å². The molecule has 0 spiro atoms. The van der Waals surface area contributed by atoms with Crippen molar-refractivity contribution < 1.29 is 14.6 Å². The Hall–Kier alpha value is -2.51. The van der Waals surface area contributed by atoms with Crippen LogP contribution < -0.4 is 10.1 Å². The van der Waals surface area contributed by atoms with Crippen LogP contribution in [0, 0.1) is 0 Å². The topological polar surface area (TPSA) is 83.3 Å². The molecule has 1 saturated heterocycles. The van der Waals surface area contributed by atoms with Gasteiger partial charge in [0.2, 0.25) is 5.91 Å². The van der Waals surface area contributed by atoms with Gasteiger partial charge in [0.1, 0.15) is 0 Å². The van der Waals surface area contributed by atoms with Gasteiger partial charge in [-0.1, -0.05) is 35.5 Å². The maximum absolute atomic E-state index is 12.1. The highest BCUT2D eigenvalue weighted by atomic mass is 35.5. The standard InChI is InChI=1S/C18H16ClN3O3S/c1-25-15-8-12(4-7-14(15)23)10-20-22-18-21-17(24)16(26-18)9-11-2-5-13(19)6-3-11/h2-8,10,16,23H,9H2,1H3,(H,21,22,24). The van der Waals surface area contributed by atoms with Crippen molar-refractivity contribution in [2.24, 2.45) is 10.2 Å². The van der Waals surface area contributed by atoms with E-state index in [1.807, 2.05) is 12.1 Å². The molecular weight excluding hydrogens is 374 g/mol. The van der Waals surface area contributed by atoms with Gasteiger partial charge in [-0.25, -0.2) is 0 Å². The third-order valence-electron chi connectivity index (χ3n) is 3.67. The first-order valence-corrected chi connectivity index (χ1v) is 9.01.